The minimum atomic E-state index is -0.906. The third kappa shape index (κ3) is 5.38. The van der Waals surface area contributed by atoms with Crippen LogP contribution in [0.1, 0.15) is 65.3 Å². The van der Waals surface area contributed by atoms with Crippen LogP contribution in [0.5, 0.6) is 0 Å². The fraction of sp³-hybridized carbons (Fsp3) is 0.412. The molecule has 5 heteroatoms. The van der Waals surface area contributed by atoms with E-state index in [1.807, 2.05) is 7.05 Å². The summed E-state index contributed by atoms with van der Waals surface area (Å²) in [4.78, 5) is 28.2. The summed E-state index contributed by atoms with van der Waals surface area (Å²) in [5.74, 6) is -0.131. The van der Waals surface area contributed by atoms with E-state index in [4.69, 9.17) is 9.47 Å². The van der Waals surface area contributed by atoms with Gasteiger partial charge in [-0.25, -0.2) is 4.79 Å². The number of benzene rings is 3. The highest BCUT2D eigenvalue weighted by Crippen LogP contribution is 2.49. The zero-order valence-corrected chi connectivity index (χ0v) is 24.8. The van der Waals surface area contributed by atoms with Crippen LogP contribution in [0.25, 0.3) is 22.3 Å². The van der Waals surface area contributed by atoms with E-state index in [0.717, 1.165) is 44.6 Å². The Bertz CT molecular complexity index is 1440. The summed E-state index contributed by atoms with van der Waals surface area (Å²) in [5, 5.41) is 0. The quantitative estimate of drug-likeness (QED) is 0.301. The van der Waals surface area contributed by atoms with Gasteiger partial charge in [0.25, 0.3) is 0 Å². The van der Waals surface area contributed by atoms with Crippen molar-refractivity contribution in [2.75, 3.05) is 25.7 Å². The number of fused-ring (bicyclic) bond motifs is 1. The summed E-state index contributed by atoms with van der Waals surface area (Å²) >= 11 is 0. The number of hydrogen-bond acceptors (Lipinski definition) is 4. The van der Waals surface area contributed by atoms with Gasteiger partial charge in [0.05, 0.1) is 19.4 Å². The lowest BCUT2D eigenvalue weighted by Crippen LogP contribution is -2.34. The molecular weight excluding hydrogens is 486 g/mol. The van der Waals surface area contributed by atoms with Gasteiger partial charge in [-0.1, -0.05) is 50.2 Å². The van der Waals surface area contributed by atoms with Crippen LogP contribution in [0.3, 0.4) is 0 Å². The Kier molecular flexibility index (Phi) is 8.31. The Morgan fingerprint density at radius 3 is 1.95 bits per heavy atom. The van der Waals surface area contributed by atoms with Crippen molar-refractivity contribution in [3.63, 3.8) is 0 Å². The molecule has 0 saturated heterocycles. The second-order valence-corrected chi connectivity index (χ2v) is 11.3. The van der Waals surface area contributed by atoms with Gasteiger partial charge in [-0.15, -0.1) is 0 Å². The number of carbonyl (C=O) groups excluding carboxylic acids is 2. The van der Waals surface area contributed by atoms with Crippen LogP contribution in [0.15, 0.2) is 36.4 Å². The maximum atomic E-state index is 13.4. The van der Waals surface area contributed by atoms with Gasteiger partial charge in [-0.05, 0) is 97.0 Å². The number of esters is 1. The first-order valence-electron chi connectivity index (χ1n) is 13.8. The molecule has 4 rings (SSSR count). The molecule has 0 radical (unpaired) electrons. The molecule has 1 unspecified atom stereocenters. The van der Waals surface area contributed by atoms with Gasteiger partial charge in [0.2, 0.25) is 5.91 Å². The molecule has 39 heavy (non-hydrogen) atoms. The first-order valence-corrected chi connectivity index (χ1v) is 13.8. The number of aryl methyl sites for hydroxylation is 4. The molecule has 0 saturated carbocycles. The molecule has 0 bridgehead atoms. The molecule has 0 N–H and O–H groups in total. The Morgan fingerprint density at radius 1 is 0.872 bits per heavy atom. The zero-order chi connectivity index (χ0) is 28.6. The highest BCUT2D eigenvalue weighted by Gasteiger charge is 2.37. The van der Waals surface area contributed by atoms with Crippen LogP contribution >= 0.6 is 0 Å². The van der Waals surface area contributed by atoms with Crippen molar-refractivity contribution in [1.29, 1.82) is 0 Å². The third-order valence-corrected chi connectivity index (χ3v) is 8.03. The first kappa shape index (κ1) is 28.6. The summed E-state index contributed by atoms with van der Waals surface area (Å²) < 4.78 is 11.7. The minimum absolute atomic E-state index is 0.0644. The molecule has 1 aliphatic heterocycles. The second kappa shape index (κ2) is 11.4. The Hall–Kier alpha value is -3.44. The van der Waals surface area contributed by atoms with Gasteiger partial charge in [-0.2, -0.15) is 0 Å². The predicted molar refractivity (Wildman–Crippen MR) is 158 cm³/mol. The zero-order valence-electron chi connectivity index (χ0n) is 24.8. The van der Waals surface area contributed by atoms with E-state index in [0.29, 0.717) is 19.4 Å². The fourth-order valence-electron chi connectivity index (χ4n) is 5.55. The SMILES string of the molecule is COC(=O)C(OCC(C)C)c1c2c(c(-c3ccc(C)c(C)c3)c(C)c1-c1ccc(C)c(C)c1)N(C)C(=O)CC2. The Balaban J connectivity index is 2.18. The highest BCUT2D eigenvalue weighted by atomic mass is 16.6. The fourth-order valence-corrected chi connectivity index (χ4v) is 5.55. The maximum absolute atomic E-state index is 13.4. The van der Waals surface area contributed by atoms with E-state index in [-0.39, 0.29) is 11.8 Å². The number of methoxy groups -OCH3 is 1. The molecule has 0 aromatic heterocycles. The number of hydrogen-bond donors (Lipinski definition) is 0. The van der Waals surface area contributed by atoms with Gasteiger partial charge in [-0.3, -0.25) is 4.79 Å². The van der Waals surface area contributed by atoms with Crippen LogP contribution in [0.4, 0.5) is 5.69 Å². The van der Waals surface area contributed by atoms with Gasteiger partial charge in [0.15, 0.2) is 6.10 Å². The van der Waals surface area contributed by atoms with Crippen LogP contribution in [-0.4, -0.2) is 32.6 Å². The van der Waals surface area contributed by atoms with Gasteiger partial charge in [0.1, 0.15) is 0 Å². The molecule has 0 fully saturated rings. The number of carbonyl (C=O) groups is 2. The lowest BCUT2D eigenvalue weighted by molar-refractivity contribution is -0.155. The van der Waals surface area contributed by atoms with Crippen molar-refractivity contribution in [1.82, 2.24) is 0 Å². The number of ether oxygens (including phenoxy) is 2. The average Bonchev–Trinajstić information content (AvgIpc) is 2.89. The van der Waals surface area contributed by atoms with Crippen molar-refractivity contribution in [3.8, 4) is 22.3 Å². The van der Waals surface area contributed by atoms with E-state index < -0.39 is 12.1 Å². The standard InChI is InChI=1S/C34H41NO4/c1-19(2)18-39-33(34(37)38-9)31-27-14-15-28(36)35(8)32(27)30(26-13-11-21(4)23(6)17-26)24(7)29(31)25-12-10-20(3)22(5)16-25/h10-13,16-17,19,33H,14-15,18H2,1-9H3. The summed E-state index contributed by atoms with van der Waals surface area (Å²) in [6.07, 6.45) is -0.00419. The number of rotatable bonds is 7. The monoisotopic (exact) mass is 527 g/mol. The molecule has 1 heterocycles. The molecule has 0 aliphatic carbocycles. The molecule has 1 atom stereocenters. The average molecular weight is 528 g/mol. The Labute approximate surface area is 233 Å². The van der Waals surface area contributed by atoms with Crippen molar-refractivity contribution in [2.45, 2.75) is 67.4 Å². The Morgan fingerprint density at radius 2 is 1.44 bits per heavy atom. The molecule has 5 nitrogen and oxygen atoms in total. The maximum Gasteiger partial charge on any atom is 0.339 e. The van der Waals surface area contributed by atoms with E-state index in [1.54, 1.807) is 4.90 Å². The molecule has 3 aromatic rings. The van der Waals surface area contributed by atoms with Crippen molar-refractivity contribution in [3.05, 3.63) is 75.3 Å². The summed E-state index contributed by atoms with van der Waals surface area (Å²) in [5.41, 5.74) is 12.5. The largest absolute Gasteiger partial charge is 0.467 e. The van der Waals surface area contributed by atoms with Gasteiger partial charge in [0, 0.05) is 24.6 Å². The van der Waals surface area contributed by atoms with Crippen molar-refractivity contribution >= 4 is 17.6 Å². The molecule has 1 amide bonds. The van der Waals surface area contributed by atoms with Crippen LogP contribution in [0, 0.1) is 40.5 Å². The van der Waals surface area contributed by atoms with E-state index in [1.165, 1.54) is 29.4 Å². The lowest BCUT2D eigenvalue weighted by Gasteiger charge is -2.35. The van der Waals surface area contributed by atoms with Crippen LogP contribution in [0.2, 0.25) is 0 Å². The molecule has 206 valence electrons. The summed E-state index contributed by atoms with van der Waals surface area (Å²) in [7, 11) is 3.24. The molecule has 0 spiro atoms. The van der Waals surface area contributed by atoms with Gasteiger partial charge < -0.3 is 14.4 Å². The van der Waals surface area contributed by atoms with Crippen molar-refractivity contribution < 1.29 is 19.1 Å². The second-order valence-electron chi connectivity index (χ2n) is 11.3. The summed E-state index contributed by atoms with van der Waals surface area (Å²) in [6.45, 7) is 15.1. The van der Waals surface area contributed by atoms with E-state index >= 15 is 0 Å². The van der Waals surface area contributed by atoms with Crippen LogP contribution in [-0.2, 0) is 25.5 Å². The van der Waals surface area contributed by atoms with E-state index in [9.17, 15) is 9.59 Å². The van der Waals surface area contributed by atoms with Crippen LogP contribution < -0.4 is 4.90 Å². The molecule has 3 aromatic carbocycles. The normalized spacial score (nSPS) is 14.0. The summed E-state index contributed by atoms with van der Waals surface area (Å²) in [6, 6.07) is 12.9. The molecule has 1 aliphatic rings. The molecular formula is C34H41NO4. The topological polar surface area (TPSA) is 55.8 Å². The predicted octanol–water partition coefficient (Wildman–Crippen LogP) is 7.36. The van der Waals surface area contributed by atoms with Gasteiger partial charge >= 0.3 is 5.97 Å². The number of anilines is 1. The minimum Gasteiger partial charge on any atom is -0.467 e. The third-order valence-electron chi connectivity index (χ3n) is 8.03. The smallest absolute Gasteiger partial charge is 0.339 e. The number of amides is 1. The van der Waals surface area contributed by atoms with E-state index in [2.05, 4.69) is 84.9 Å². The first-order chi connectivity index (χ1) is 18.5. The van der Waals surface area contributed by atoms with Crippen molar-refractivity contribution in [2.24, 2.45) is 5.92 Å². The lowest BCUT2D eigenvalue weighted by atomic mass is 9.78. The highest BCUT2D eigenvalue weighted by molar-refractivity contribution is 6.04. The number of nitrogens with zero attached hydrogens (tertiary/aromatic N) is 1.